The van der Waals surface area contributed by atoms with Crippen molar-refractivity contribution in [2.45, 2.75) is 64.4 Å². The molecule has 0 radical (unpaired) electrons. The second-order valence-electron chi connectivity index (χ2n) is 8.02. The first-order valence-electron chi connectivity index (χ1n) is 10.6. The van der Waals surface area contributed by atoms with Gasteiger partial charge in [0.25, 0.3) is 5.91 Å². The monoisotopic (exact) mass is 392 g/mol. The van der Waals surface area contributed by atoms with Crippen LogP contribution in [0.2, 0.25) is 5.02 Å². The largest absolute Gasteiger partial charge is 0.489 e. The van der Waals surface area contributed by atoms with E-state index in [0.29, 0.717) is 22.9 Å². The number of amides is 1. The predicted molar refractivity (Wildman–Crippen MR) is 111 cm³/mol. The van der Waals surface area contributed by atoms with Crippen molar-refractivity contribution in [2.75, 3.05) is 26.2 Å². The number of rotatable bonds is 7. The molecule has 1 aliphatic carbocycles. The third-order valence-corrected chi connectivity index (χ3v) is 6.09. The molecule has 27 heavy (non-hydrogen) atoms. The highest BCUT2D eigenvalue weighted by Crippen LogP contribution is 2.29. The third-order valence-electron chi connectivity index (χ3n) is 5.80. The lowest BCUT2D eigenvalue weighted by atomic mass is 9.88. The maximum atomic E-state index is 12.0. The summed E-state index contributed by atoms with van der Waals surface area (Å²) in [7, 11) is 0. The molecule has 0 aromatic heterocycles. The van der Waals surface area contributed by atoms with Crippen molar-refractivity contribution in [3.63, 3.8) is 0 Å². The minimum absolute atomic E-state index is 0.0821. The number of nitrogens with zero attached hydrogens (tertiary/aromatic N) is 1. The van der Waals surface area contributed by atoms with E-state index in [9.17, 15) is 4.79 Å². The SMILES string of the molecule is CCCNC(=O)c1ccc(OC2CCN(CC3CCCCC3)CC2)c(Cl)c1. The van der Waals surface area contributed by atoms with Crippen LogP contribution in [0.15, 0.2) is 18.2 Å². The van der Waals surface area contributed by atoms with E-state index < -0.39 is 0 Å². The molecule has 0 unspecified atom stereocenters. The van der Waals surface area contributed by atoms with Gasteiger partial charge >= 0.3 is 0 Å². The van der Waals surface area contributed by atoms with Crippen LogP contribution in [-0.4, -0.2) is 43.1 Å². The highest BCUT2D eigenvalue weighted by Gasteiger charge is 2.24. The van der Waals surface area contributed by atoms with Gasteiger partial charge < -0.3 is 15.0 Å². The first-order valence-corrected chi connectivity index (χ1v) is 11.0. The van der Waals surface area contributed by atoms with Crippen molar-refractivity contribution in [3.05, 3.63) is 28.8 Å². The van der Waals surface area contributed by atoms with Gasteiger partial charge in [-0.2, -0.15) is 0 Å². The van der Waals surface area contributed by atoms with E-state index in [1.54, 1.807) is 12.1 Å². The van der Waals surface area contributed by atoms with Gasteiger partial charge in [0.1, 0.15) is 11.9 Å². The molecule has 1 heterocycles. The van der Waals surface area contributed by atoms with Gasteiger partial charge in [-0.25, -0.2) is 0 Å². The zero-order valence-corrected chi connectivity index (χ0v) is 17.3. The number of likely N-dealkylation sites (tertiary alicyclic amines) is 1. The molecule has 1 aromatic carbocycles. The van der Waals surface area contributed by atoms with Crippen molar-refractivity contribution < 1.29 is 9.53 Å². The van der Waals surface area contributed by atoms with E-state index in [0.717, 1.165) is 38.3 Å². The Hall–Kier alpha value is -1.26. The van der Waals surface area contributed by atoms with Gasteiger partial charge in [0.05, 0.1) is 5.02 Å². The van der Waals surface area contributed by atoms with Crippen molar-refractivity contribution in [3.8, 4) is 5.75 Å². The number of ether oxygens (including phenoxy) is 1. The minimum Gasteiger partial charge on any atom is -0.489 e. The Bertz CT molecular complexity index is 608. The summed E-state index contributed by atoms with van der Waals surface area (Å²) in [5.41, 5.74) is 0.586. The smallest absolute Gasteiger partial charge is 0.251 e. The van der Waals surface area contributed by atoms with Crippen LogP contribution in [0.3, 0.4) is 0 Å². The lowest BCUT2D eigenvalue weighted by Gasteiger charge is -2.35. The van der Waals surface area contributed by atoms with Crippen molar-refractivity contribution in [1.29, 1.82) is 0 Å². The number of carbonyl (C=O) groups excluding carboxylic acids is 1. The van der Waals surface area contributed by atoms with Crippen LogP contribution in [0.5, 0.6) is 5.75 Å². The number of halogens is 1. The summed E-state index contributed by atoms with van der Waals surface area (Å²) in [6.07, 6.45) is 10.3. The molecule has 1 saturated carbocycles. The predicted octanol–water partition coefficient (Wildman–Crippen LogP) is 4.90. The van der Waals surface area contributed by atoms with E-state index in [1.807, 2.05) is 13.0 Å². The summed E-state index contributed by atoms with van der Waals surface area (Å²) in [5, 5.41) is 3.39. The second kappa shape index (κ2) is 10.3. The fraction of sp³-hybridized carbons (Fsp3) is 0.682. The van der Waals surface area contributed by atoms with Gasteiger partial charge in [-0.05, 0) is 56.2 Å². The minimum atomic E-state index is -0.0821. The standard InChI is InChI=1S/C22H33ClN2O2/c1-2-12-24-22(26)18-8-9-21(20(23)15-18)27-19-10-13-25(14-11-19)16-17-6-4-3-5-7-17/h8-9,15,17,19H,2-7,10-14,16H2,1H3,(H,24,26). The molecule has 5 heteroatoms. The Morgan fingerprint density at radius 1 is 1.19 bits per heavy atom. The second-order valence-corrected chi connectivity index (χ2v) is 8.43. The molecule has 1 N–H and O–H groups in total. The maximum absolute atomic E-state index is 12.0. The molecule has 4 nitrogen and oxygen atoms in total. The van der Waals surface area contributed by atoms with Gasteiger partial charge in [0, 0.05) is 31.7 Å². The molecule has 2 aliphatic rings. The fourth-order valence-electron chi connectivity index (χ4n) is 4.20. The Balaban J connectivity index is 1.46. The molecule has 0 bridgehead atoms. The molecule has 1 aromatic rings. The van der Waals surface area contributed by atoms with Crippen molar-refractivity contribution in [1.82, 2.24) is 10.2 Å². The molecule has 1 aliphatic heterocycles. The van der Waals surface area contributed by atoms with Gasteiger partial charge in [0.15, 0.2) is 0 Å². The zero-order valence-electron chi connectivity index (χ0n) is 16.5. The van der Waals surface area contributed by atoms with Gasteiger partial charge in [-0.1, -0.05) is 37.8 Å². The quantitative estimate of drug-likeness (QED) is 0.717. The number of piperidine rings is 1. The maximum Gasteiger partial charge on any atom is 0.251 e. The van der Waals surface area contributed by atoms with E-state index in [-0.39, 0.29) is 12.0 Å². The van der Waals surface area contributed by atoms with Crippen molar-refractivity contribution >= 4 is 17.5 Å². The molecule has 1 saturated heterocycles. The summed E-state index contributed by atoms with van der Waals surface area (Å²) in [4.78, 5) is 14.7. The summed E-state index contributed by atoms with van der Waals surface area (Å²) in [6, 6.07) is 5.34. The first-order chi connectivity index (χ1) is 13.2. The molecule has 1 amide bonds. The van der Waals surface area contributed by atoms with Crippen LogP contribution in [0.25, 0.3) is 0 Å². The molecule has 2 fully saturated rings. The van der Waals surface area contributed by atoms with Crippen LogP contribution in [-0.2, 0) is 0 Å². The third kappa shape index (κ3) is 6.11. The van der Waals surface area contributed by atoms with E-state index in [4.69, 9.17) is 16.3 Å². The summed E-state index contributed by atoms with van der Waals surface area (Å²) < 4.78 is 6.15. The Labute approximate surface area is 168 Å². The van der Waals surface area contributed by atoms with Gasteiger partial charge in [0.2, 0.25) is 0 Å². The van der Waals surface area contributed by atoms with E-state index in [2.05, 4.69) is 10.2 Å². The van der Waals surface area contributed by atoms with Crippen LogP contribution in [0, 0.1) is 5.92 Å². The van der Waals surface area contributed by atoms with Gasteiger partial charge in [-0.3, -0.25) is 4.79 Å². The zero-order chi connectivity index (χ0) is 19.1. The Kier molecular flexibility index (Phi) is 7.83. The number of carbonyl (C=O) groups is 1. The first kappa shape index (κ1) is 20.5. The molecule has 150 valence electrons. The average molecular weight is 393 g/mol. The number of benzene rings is 1. The van der Waals surface area contributed by atoms with E-state index >= 15 is 0 Å². The lowest BCUT2D eigenvalue weighted by molar-refractivity contribution is 0.0863. The molecule has 0 spiro atoms. The molecular formula is C22H33ClN2O2. The summed E-state index contributed by atoms with van der Waals surface area (Å²) in [5.74, 6) is 1.51. The molecule has 0 atom stereocenters. The normalized spacial score (nSPS) is 19.8. The fourth-order valence-corrected chi connectivity index (χ4v) is 4.43. The van der Waals surface area contributed by atoms with E-state index in [1.165, 1.54) is 38.6 Å². The van der Waals surface area contributed by atoms with Crippen LogP contribution < -0.4 is 10.1 Å². The highest BCUT2D eigenvalue weighted by atomic mass is 35.5. The van der Waals surface area contributed by atoms with Crippen molar-refractivity contribution in [2.24, 2.45) is 5.92 Å². The van der Waals surface area contributed by atoms with Crippen LogP contribution >= 0.6 is 11.6 Å². The molecule has 3 rings (SSSR count). The molecular weight excluding hydrogens is 360 g/mol. The number of nitrogens with one attached hydrogen (secondary N) is 1. The number of hydrogen-bond acceptors (Lipinski definition) is 3. The lowest BCUT2D eigenvalue weighted by Crippen LogP contribution is -2.41. The number of hydrogen-bond donors (Lipinski definition) is 1. The Morgan fingerprint density at radius 2 is 1.93 bits per heavy atom. The summed E-state index contributed by atoms with van der Waals surface area (Å²) >= 11 is 6.37. The van der Waals surface area contributed by atoms with Gasteiger partial charge in [-0.15, -0.1) is 0 Å². The summed E-state index contributed by atoms with van der Waals surface area (Å²) in [6.45, 7) is 6.18. The van der Waals surface area contributed by atoms with Crippen LogP contribution in [0.1, 0.15) is 68.6 Å². The van der Waals surface area contributed by atoms with Crippen LogP contribution in [0.4, 0.5) is 0 Å². The highest BCUT2D eigenvalue weighted by molar-refractivity contribution is 6.32. The Morgan fingerprint density at radius 3 is 2.59 bits per heavy atom. The average Bonchev–Trinajstić information content (AvgIpc) is 2.70. The topological polar surface area (TPSA) is 41.6 Å².